The number of hydrogen-bond acceptors (Lipinski definition) is 3. The topological polar surface area (TPSA) is 60.8 Å². The number of hydrogen-bond donors (Lipinski definition) is 2. The van der Waals surface area contributed by atoms with Crippen molar-refractivity contribution in [1.29, 1.82) is 0 Å². The third kappa shape index (κ3) is 2.89. The molecular weight excluding hydrogens is 230 g/mol. The highest BCUT2D eigenvalue weighted by atomic mass is 16.4. The minimum absolute atomic E-state index is 0.307. The zero-order valence-electron chi connectivity index (χ0n) is 11.0. The van der Waals surface area contributed by atoms with Crippen LogP contribution in [0.5, 0.6) is 0 Å². The Bertz CT molecular complexity index is 376. The average Bonchev–Trinajstić information content (AvgIpc) is 2.39. The molecule has 1 aromatic rings. The summed E-state index contributed by atoms with van der Waals surface area (Å²) in [6.45, 7) is 4.61. The van der Waals surface area contributed by atoms with E-state index in [4.69, 9.17) is 0 Å². The SMILES string of the molecule is CCN(CC)[C@@](CO)(Cc1ccccc1)C(=O)O. The number of carboxylic acids is 1. The van der Waals surface area contributed by atoms with E-state index in [-0.39, 0.29) is 6.61 Å². The van der Waals surface area contributed by atoms with Crippen LogP contribution in [0.1, 0.15) is 19.4 Å². The Morgan fingerprint density at radius 2 is 1.78 bits per heavy atom. The fraction of sp³-hybridized carbons (Fsp3) is 0.500. The zero-order valence-corrected chi connectivity index (χ0v) is 11.0. The Morgan fingerprint density at radius 3 is 2.17 bits per heavy atom. The van der Waals surface area contributed by atoms with Crippen molar-refractivity contribution < 1.29 is 15.0 Å². The van der Waals surface area contributed by atoms with Gasteiger partial charge in [-0.25, -0.2) is 0 Å². The van der Waals surface area contributed by atoms with Crippen LogP contribution in [0.25, 0.3) is 0 Å². The van der Waals surface area contributed by atoms with Crippen molar-refractivity contribution in [1.82, 2.24) is 4.90 Å². The minimum atomic E-state index is -1.23. The van der Waals surface area contributed by atoms with E-state index in [1.54, 1.807) is 4.90 Å². The van der Waals surface area contributed by atoms with Gasteiger partial charge < -0.3 is 10.2 Å². The third-order valence-electron chi connectivity index (χ3n) is 3.37. The maximum atomic E-state index is 11.6. The van der Waals surface area contributed by atoms with Gasteiger partial charge >= 0.3 is 5.97 Å². The van der Waals surface area contributed by atoms with Crippen LogP contribution in [-0.4, -0.2) is 46.3 Å². The fourth-order valence-corrected chi connectivity index (χ4v) is 2.31. The lowest BCUT2D eigenvalue weighted by atomic mass is 9.89. The van der Waals surface area contributed by atoms with Crippen LogP contribution in [0.3, 0.4) is 0 Å². The number of carboxylic acid groups (broad SMARTS) is 1. The molecule has 0 aliphatic rings. The number of likely N-dealkylation sites (N-methyl/N-ethyl adjacent to an activating group) is 1. The molecule has 4 nitrogen and oxygen atoms in total. The number of aliphatic hydroxyl groups is 1. The largest absolute Gasteiger partial charge is 0.480 e. The van der Waals surface area contributed by atoms with Crippen molar-refractivity contribution >= 4 is 5.97 Å². The lowest BCUT2D eigenvalue weighted by molar-refractivity contribution is -0.154. The molecule has 0 unspecified atom stereocenters. The quantitative estimate of drug-likeness (QED) is 0.768. The normalized spacial score (nSPS) is 14.4. The van der Waals surface area contributed by atoms with Crippen molar-refractivity contribution in [3.8, 4) is 0 Å². The first-order valence-electron chi connectivity index (χ1n) is 6.24. The maximum Gasteiger partial charge on any atom is 0.326 e. The van der Waals surface area contributed by atoms with Gasteiger partial charge in [0, 0.05) is 6.42 Å². The first-order valence-corrected chi connectivity index (χ1v) is 6.24. The van der Waals surface area contributed by atoms with Crippen molar-refractivity contribution in [3.63, 3.8) is 0 Å². The molecule has 0 spiro atoms. The first-order chi connectivity index (χ1) is 8.60. The lowest BCUT2D eigenvalue weighted by Crippen LogP contribution is -2.58. The highest BCUT2D eigenvalue weighted by molar-refractivity contribution is 5.79. The summed E-state index contributed by atoms with van der Waals surface area (Å²) in [5, 5.41) is 19.1. The molecule has 0 bridgehead atoms. The van der Waals surface area contributed by atoms with Crippen LogP contribution in [0.15, 0.2) is 30.3 Å². The van der Waals surface area contributed by atoms with Gasteiger partial charge in [-0.05, 0) is 18.7 Å². The van der Waals surface area contributed by atoms with Gasteiger partial charge in [-0.2, -0.15) is 0 Å². The molecule has 0 heterocycles. The van der Waals surface area contributed by atoms with Crippen LogP contribution < -0.4 is 0 Å². The second kappa shape index (κ2) is 6.52. The molecular formula is C14H21NO3. The first kappa shape index (κ1) is 14.7. The predicted molar refractivity (Wildman–Crippen MR) is 70.5 cm³/mol. The van der Waals surface area contributed by atoms with E-state index >= 15 is 0 Å². The summed E-state index contributed by atoms with van der Waals surface area (Å²) < 4.78 is 0. The van der Waals surface area contributed by atoms with E-state index in [2.05, 4.69) is 0 Å². The molecule has 0 saturated heterocycles. The summed E-state index contributed by atoms with van der Waals surface area (Å²) in [5.41, 5.74) is -0.314. The van der Waals surface area contributed by atoms with Crippen LogP contribution >= 0.6 is 0 Å². The van der Waals surface area contributed by atoms with Gasteiger partial charge in [-0.15, -0.1) is 0 Å². The molecule has 1 aromatic carbocycles. The smallest absolute Gasteiger partial charge is 0.326 e. The van der Waals surface area contributed by atoms with Crippen LogP contribution in [0, 0.1) is 0 Å². The molecule has 2 N–H and O–H groups in total. The molecule has 0 aromatic heterocycles. The monoisotopic (exact) mass is 251 g/mol. The highest BCUT2D eigenvalue weighted by Gasteiger charge is 2.42. The van der Waals surface area contributed by atoms with E-state index in [1.807, 2.05) is 44.2 Å². The highest BCUT2D eigenvalue weighted by Crippen LogP contribution is 2.21. The molecule has 0 amide bonds. The van der Waals surface area contributed by atoms with Crippen LogP contribution in [0.4, 0.5) is 0 Å². The number of aliphatic hydroxyl groups excluding tert-OH is 1. The fourth-order valence-electron chi connectivity index (χ4n) is 2.31. The number of aliphatic carboxylic acids is 1. The van der Waals surface area contributed by atoms with Crippen molar-refractivity contribution in [2.45, 2.75) is 25.8 Å². The summed E-state index contributed by atoms with van der Waals surface area (Å²) in [6, 6.07) is 9.42. The molecule has 0 radical (unpaired) electrons. The third-order valence-corrected chi connectivity index (χ3v) is 3.37. The Labute approximate surface area is 108 Å². The Hall–Kier alpha value is -1.39. The summed E-state index contributed by atoms with van der Waals surface area (Å²) in [6.07, 6.45) is 0.307. The van der Waals surface area contributed by atoms with E-state index in [0.29, 0.717) is 19.5 Å². The molecule has 0 aliphatic heterocycles. The average molecular weight is 251 g/mol. The molecule has 0 fully saturated rings. The Kier molecular flexibility index (Phi) is 5.31. The van der Waals surface area contributed by atoms with E-state index < -0.39 is 11.5 Å². The molecule has 100 valence electrons. The Morgan fingerprint density at radius 1 is 1.22 bits per heavy atom. The van der Waals surface area contributed by atoms with Gasteiger partial charge in [0.25, 0.3) is 0 Å². The molecule has 0 saturated carbocycles. The minimum Gasteiger partial charge on any atom is -0.480 e. The van der Waals surface area contributed by atoms with Gasteiger partial charge in [-0.1, -0.05) is 44.2 Å². The van der Waals surface area contributed by atoms with E-state index in [9.17, 15) is 15.0 Å². The molecule has 4 heteroatoms. The van der Waals surface area contributed by atoms with Crippen LogP contribution in [-0.2, 0) is 11.2 Å². The van der Waals surface area contributed by atoms with Gasteiger partial charge in [0.1, 0.15) is 5.54 Å². The van der Waals surface area contributed by atoms with Gasteiger partial charge in [-0.3, -0.25) is 9.69 Å². The number of benzene rings is 1. The van der Waals surface area contributed by atoms with Gasteiger partial charge in [0.05, 0.1) is 6.61 Å². The predicted octanol–water partition coefficient (Wildman–Crippen LogP) is 1.39. The second-order valence-corrected chi connectivity index (χ2v) is 4.33. The van der Waals surface area contributed by atoms with E-state index in [0.717, 1.165) is 5.56 Å². The molecule has 18 heavy (non-hydrogen) atoms. The lowest BCUT2D eigenvalue weighted by Gasteiger charge is -2.38. The van der Waals surface area contributed by atoms with Crippen molar-refractivity contribution in [2.75, 3.05) is 19.7 Å². The number of rotatable bonds is 7. The van der Waals surface area contributed by atoms with Gasteiger partial charge in [0.15, 0.2) is 0 Å². The summed E-state index contributed by atoms with van der Waals surface area (Å²) >= 11 is 0. The summed E-state index contributed by atoms with van der Waals surface area (Å²) in [4.78, 5) is 13.4. The standard InChI is InChI=1S/C14H21NO3/c1-3-15(4-2)14(11-16,13(17)18)10-12-8-6-5-7-9-12/h5-9,16H,3-4,10-11H2,1-2H3,(H,17,18)/t14-/m1/s1. The maximum absolute atomic E-state index is 11.6. The van der Waals surface area contributed by atoms with Gasteiger partial charge in [0.2, 0.25) is 0 Å². The number of nitrogens with zero attached hydrogens (tertiary/aromatic N) is 1. The molecule has 1 atom stereocenters. The molecule has 0 aliphatic carbocycles. The number of carbonyl (C=O) groups is 1. The van der Waals surface area contributed by atoms with Crippen LogP contribution in [0.2, 0.25) is 0 Å². The van der Waals surface area contributed by atoms with E-state index in [1.165, 1.54) is 0 Å². The molecule has 1 rings (SSSR count). The van der Waals surface area contributed by atoms with Crippen molar-refractivity contribution in [2.24, 2.45) is 0 Å². The summed E-state index contributed by atoms with van der Waals surface area (Å²) in [7, 11) is 0. The zero-order chi connectivity index (χ0) is 13.6. The Balaban J connectivity index is 3.08. The summed E-state index contributed by atoms with van der Waals surface area (Å²) in [5.74, 6) is -0.974. The second-order valence-electron chi connectivity index (χ2n) is 4.33. The van der Waals surface area contributed by atoms with Crippen molar-refractivity contribution in [3.05, 3.63) is 35.9 Å².